The monoisotopic (exact) mass is 241 g/mol. The van der Waals surface area contributed by atoms with Gasteiger partial charge in [0.15, 0.2) is 5.75 Å². The number of fused-ring (bicyclic) bond motifs is 1. The largest absolute Gasteiger partial charge is 0.503 e. The summed E-state index contributed by atoms with van der Waals surface area (Å²) in [6, 6.07) is 7.31. The van der Waals surface area contributed by atoms with E-state index in [2.05, 4.69) is 10.1 Å². The number of nitrogens with one attached hydrogen (secondary N) is 1. The average molecular weight is 241 g/mol. The van der Waals surface area contributed by atoms with Crippen molar-refractivity contribution in [2.24, 2.45) is 7.05 Å². The van der Waals surface area contributed by atoms with E-state index >= 15 is 0 Å². The maximum absolute atomic E-state index is 11.1. The van der Waals surface area contributed by atoms with Crippen LogP contribution in [0.4, 0.5) is 0 Å². The summed E-state index contributed by atoms with van der Waals surface area (Å²) >= 11 is 0. The zero-order valence-corrected chi connectivity index (χ0v) is 9.71. The lowest BCUT2D eigenvalue weighted by atomic mass is 10.1. The van der Waals surface area contributed by atoms with E-state index in [0.717, 1.165) is 22.0 Å². The third-order valence-electron chi connectivity index (χ3n) is 2.97. The fourth-order valence-electron chi connectivity index (χ4n) is 1.96. The SMILES string of the molecule is Cn1ncc2ccc(-c3c[nH]c(=O)c(O)c3)cc21. The van der Waals surface area contributed by atoms with E-state index in [4.69, 9.17) is 0 Å². The van der Waals surface area contributed by atoms with Crippen LogP contribution in [-0.2, 0) is 7.05 Å². The van der Waals surface area contributed by atoms with E-state index in [9.17, 15) is 9.90 Å². The molecule has 0 aliphatic carbocycles. The van der Waals surface area contributed by atoms with Crippen LogP contribution in [0, 0.1) is 0 Å². The highest BCUT2D eigenvalue weighted by molar-refractivity contribution is 5.84. The van der Waals surface area contributed by atoms with Gasteiger partial charge in [0, 0.05) is 24.2 Å². The second kappa shape index (κ2) is 3.73. The Balaban J connectivity index is 2.21. The van der Waals surface area contributed by atoms with E-state index in [1.165, 1.54) is 6.07 Å². The molecule has 0 spiro atoms. The molecule has 0 radical (unpaired) electrons. The van der Waals surface area contributed by atoms with Gasteiger partial charge in [-0.3, -0.25) is 9.48 Å². The minimum Gasteiger partial charge on any atom is -0.503 e. The van der Waals surface area contributed by atoms with Crippen LogP contribution >= 0.6 is 0 Å². The van der Waals surface area contributed by atoms with Gasteiger partial charge in [-0.2, -0.15) is 5.10 Å². The van der Waals surface area contributed by atoms with Crippen LogP contribution in [0.25, 0.3) is 22.0 Å². The van der Waals surface area contributed by atoms with Crippen molar-refractivity contribution in [3.63, 3.8) is 0 Å². The molecule has 2 aromatic heterocycles. The molecular weight excluding hydrogens is 230 g/mol. The smallest absolute Gasteiger partial charge is 0.290 e. The normalized spacial score (nSPS) is 10.9. The summed E-state index contributed by atoms with van der Waals surface area (Å²) in [6.07, 6.45) is 3.38. The Labute approximate surface area is 102 Å². The number of aromatic nitrogens is 3. The summed E-state index contributed by atoms with van der Waals surface area (Å²) in [6.45, 7) is 0. The van der Waals surface area contributed by atoms with Gasteiger partial charge in [-0.1, -0.05) is 12.1 Å². The Morgan fingerprint density at radius 1 is 1.28 bits per heavy atom. The zero-order valence-electron chi connectivity index (χ0n) is 9.71. The number of aromatic hydroxyl groups is 1. The molecule has 90 valence electrons. The molecule has 2 N–H and O–H groups in total. The van der Waals surface area contributed by atoms with Gasteiger partial charge in [0.25, 0.3) is 5.56 Å². The van der Waals surface area contributed by atoms with E-state index < -0.39 is 5.56 Å². The molecule has 18 heavy (non-hydrogen) atoms. The lowest BCUT2D eigenvalue weighted by molar-refractivity contribution is 0.467. The van der Waals surface area contributed by atoms with Crippen molar-refractivity contribution >= 4 is 10.9 Å². The van der Waals surface area contributed by atoms with Gasteiger partial charge < -0.3 is 10.1 Å². The molecule has 0 bridgehead atoms. The minimum atomic E-state index is -0.486. The van der Waals surface area contributed by atoms with Crippen LogP contribution in [0.5, 0.6) is 5.75 Å². The van der Waals surface area contributed by atoms with Crippen molar-refractivity contribution in [1.82, 2.24) is 14.8 Å². The number of aryl methyl sites for hydroxylation is 1. The van der Waals surface area contributed by atoms with Gasteiger partial charge in [-0.25, -0.2) is 0 Å². The predicted octanol–water partition coefficient (Wildman–Crippen LogP) is 1.63. The van der Waals surface area contributed by atoms with Gasteiger partial charge >= 0.3 is 0 Å². The number of hydrogen-bond donors (Lipinski definition) is 2. The van der Waals surface area contributed by atoms with Crippen LogP contribution < -0.4 is 5.56 Å². The Bertz CT molecular complexity index is 786. The van der Waals surface area contributed by atoms with E-state index in [1.807, 2.05) is 25.2 Å². The van der Waals surface area contributed by atoms with Crippen LogP contribution in [-0.4, -0.2) is 19.9 Å². The summed E-state index contributed by atoms with van der Waals surface area (Å²) < 4.78 is 1.78. The van der Waals surface area contributed by atoms with Crippen molar-refractivity contribution in [3.05, 3.63) is 47.0 Å². The van der Waals surface area contributed by atoms with E-state index in [-0.39, 0.29) is 5.75 Å². The number of pyridine rings is 1. The number of benzene rings is 1. The first kappa shape index (κ1) is 10.6. The minimum absolute atomic E-state index is 0.280. The number of hydrogen-bond acceptors (Lipinski definition) is 3. The molecule has 1 aromatic carbocycles. The van der Waals surface area contributed by atoms with Gasteiger partial charge in [0.2, 0.25) is 0 Å². The quantitative estimate of drug-likeness (QED) is 0.680. The first-order chi connectivity index (χ1) is 8.65. The number of aromatic amines is 1. The summed E-state index contributed by atoms with van der Waals surface area (Å²) in [7, 11) is 1.87. The lowest BCUT2D eigenvalue weighted by Crippen LogP contribution is -2.03. The van der Waals surface area contributed by atoms with Gasteiger partial charge in [-0.15, -0.1) is 0 Å². The molecule has 0 aliphatic heterocycles. The van der Waals surface area contributed by atoms with Crippen molar-refractivity contribution in [2.75, 3.05) is 0 Å². The van der Waals surface area contributed by atoms with Gasteiger partial charge in [0.05, 0.1) is 11.7 Å². The van der Waals surface area contributed by atoms with Crippen LogP contribution in [0.15, 0.2) is 41.5 Å². The van der Waals surface area contributed by atoms with Gasteiger partial charge in [0.1, 0.15) is 0 Å². The number of nitrogens with zero attached hydrogens (tertiary/aromatic N) is 2. The third-order valence-corrected chi connectivity index (χ3v) is 2.97. The van der Waals surface area contributed by atoms with Crippen LogP contribution in [0.2, 0.25) is 0 Å². The Morgan fingerprint density at radius 3 is 2.89 bits per heavy atom. The molecule has 0 fully saturated rings. The molecule has 5 nitrogen and oxygen atoms in total. The topological polar surface area (TPSA) is 70.9 Å². The molecule has 0 saturated carbocycles. The van der Waals surface area contributed by atoms with Crippen molar-refractivity contribution in [2.45, 2.75) is 0 Å². The molecule has 2 heterocycles. The highest BCUT2D eigenvalue weighted by Gasteiger charge is 2.05. The highest BCUT2D eigenvalue weighted by Crippen LogP contribution is 2.24. The zero-order chi connectivity index (χ0) is 12.7. The molecule has 5 heteroatoms. The maximum atomic E-state index is 11.1. The molecule has 0 atom stereocenters. The van der Waals surface area contributed by atoms with Crippen molar-refractivity contribution in [1.29, 1.82) is 0 Å². The van der Waals surface area contributed by atoms with E-state index in [0.29, 0.717) is 0 Å². The molecule has 0 unspecified atom stereocenters. The maximum Gasteiger partial charge on any atom is 0.290 e. The summed E-state index contributed by atoms with van der Waals surface area (Å²) in [5.41, 5.74) is 2.19. The second-order valence-corrected chi connectivity index (χ2v) is 4.14. The average Bonchev–Trinajstić information content (AvgIpc) is 2.74. The molecule has 0 saturated heterocycles. The summed E-state index contributed by atoms with van der Waals surface area (Å²) in [5.74, 6) is -0.280. The molecular formula is C13H11N3O2. The Hall–Kier alpha value is -2.56. The molecule has 0 amide bonds. The number of rotatable bonds is 1. The molecule has 3 rings (SSSR count). The number of H-pyrrole nitrogens is 1. The van der Waals surface area contributed by atoms with E-state index in [1.54, 1.807) is 17.1 Å². The molecule has 0 aliphatic rings. The Kier molecular flexibility index (Phi) is 2.19. The fraction of sp³-hybridized carbons (Fsp3) is 0.0769. The standard InChI is InChI=1S/C13H11N3O2/c1-16-11-4-8(2-3-9(11)7-15-16)10-5-12(17)13(18)14-6-10/h2-7,17H,1H3,(H,14,18). The second-order valence-electron chi connectivity index (χ2n) is 4.14. The summed E-state index contributed by atoms with van der Waals surface area (Å²) in [4.78, 5) is 13.6. The lowest BCUT2D eigenvalue weighted by Gasteiger charge is -2.03. The third kappa shape index (κ3) is 1.57. The van der Waals surface area contributed by atoms with Crippen LogP contribution in [0.1, 0.15) is 0 Å². The van der Waals surface area contributed by atoms with Crippen LogP contribution in [0.3, 0.4) is 0 Å². The Morgan fingerprint density at radius 2 is 2.11 bits per heavy atom. The fourth-order valence-corrected chi connectivity index (χ4v) is 1.96. The van der Waals surface area contributed by atoms with Gasteiger partial charge in [-0.05, 0) is 17.7 Å². The molecule has 3 aromatic rings. The van der Waals surface area contributed by atoms with Crippen molar-refractivity contribution < 1.29 is 5.11 Å². The first-order valence-corrected chi connectivity index (χ1v) is 5.49. The van der Waals surface area contributed by atoms with Crippen molar-refractivity contribution in [3.8, 4) is 16.9 Å². The first-order valence-electron chi connectivity index (χ1n) is 5.49. The highest BCUT2D eigenvalue weighted by atomic mass is 16.3. The summed E-state index contributed by atoms with van der Waals surface area (Å²) in [5, 5.41) is 14.7. The predicted molar refractivity (Wildman–Crippen MR) is 68.4 cm³/mol.